The molecule has 1 fully saturated rings. The Morgan fingerprint density at radius 3 is 2.80 bits per heavy atom. The lowest BCUT2D eigenvalue weighted by molar-refractivity contribution is 0.256. The molecule has 2 rings (SSSR count). The number of nitrogens with zero attached hydrogens (tertiary/aromatic N) is 2. The van der Waals surface area contributed by atoms with Gasteiger partial charge in [0, 0.05) is 12.1 Å². The van der Waals surface area contributed by atoms with Gasteiger partial charge in [-0.2, -0.15) is 0 Å². The van der Waals surface area contributed by atoms with Crippen LogP contribution in [0.3, 0.4) is 0 Å². The zero-order valence-electron chi connectivity index (χ0n) is 11.4. The van der Waals surface area contributed by atoms with Crippen molar-refractivity contribution >= 4 is 5.84 Å². The van der Waals surface area contributed by atoms with Crippen molar-refractivity contribution in [1.82, 2.24) is 4.90 Å². The van der Waals surface area contributed by atoms with Gasteiger partial charge in [-0.25, -0.2) is 4.39 Å². The SMILES string of the molecule is N/C(=N/O)c1ccc(OCCCN2CCCC2)c(F)c1. The Kier molecular flexibility index (Phi) is 5.17. The first-order valence-electron chi connectivity index (χ1n) is 6.83. The van der Waals surface area contributed by atoms with Gasteiger partial charge in [-0.05, 0) is 50.6 Å². The van der Waals surface area contributed by atoms with Crippen molar-refractivity contribution in [2.45, 2.75) is 19.3 Å². The molecular formula is C14H20FN3O2. The molecule has 6 heteroatoms. The maximum Gasteiger partial charge on any atom is 0.170 e. The van der Waals surface area contributed by atoms with Crippen LogP contribution in [-0.2, 0) is 0 Å². The standard InChI is InChI=1S/C14H20FN3O2/c15-12-10-11(14(16)17-19)4-5-13(12)20-9-3-8-18-6-1-2-7-18/h4-5,10,19H,1-3,6-9H2,(H2,16,17). The molecule has 1 aromatic rings. The van der Waals surface area contributed by atoms with Gasteiger partial charge in [-0.3, -0.25) is 0 Å². The van der Waals surface area contributed by atoms with E-state index in [0.29, 0.717) is 12.2 Å². The summed E-state index contributed by atoms with van der Waals surface area (Å²) in [6.07, 6.45) is 3.41. The average molecular weight is 281 g/mol. The fourth-order valence-electron chi connectivity index (χ4n) is 2.31. The van der Waals surface area contributed by atoms with Crippen molar-refractivity contribution in [2.24, 2.45) is 10.9 Å². The van der Waals surface area contributed by atoms with Crippen LogP contribution in [0.15, 0.2) is 23.4 Å². The maximum atomic E-state index is 13.7. The molecule has 0 spiro atoms. The van der Waals surface area contributed by atoms with Crippen LogP contribution in [0.1, 0.15) is 24.8 Å². The van der Waals surface area contributed by atoms with Gasteiger partial charge in [-0.15, -0.1) is 0 Å². The van der Waals surface area contributed by atoms with E-state index in [9.17, 15) is 4.39 Å². The molecule has 1 saturated heterocycles. The number of hydrogen-bond acceptors (Lipinski definition) is 4. The van der Waals surface area contributed by atoms with Crippen molar-refractivity contribution in [3.05, 3.63) is 29.6 Å². The predicted octanol–water partition coefficient (Wildman–Crippen LogP) is 1.78. The van der Waals surface area contributed by atoms with Gasteiger partial charge in [0.1, 0.15) is 0 Å². The van der Waals surface area contributed by atoms with E-state index in [1.807, 2.05) is 0 Å². The molecule has 5 nitrogen and oxygen atoms in total. The number of ether oxygens (including phenoxy) is 1. The van der Waals surface area contributed by atoms with Gasteiger partial charge in [0.2, 0.25) is 0 Å². The summed E-state index contributed by atoms with van der Waals surface area (Å²) in [5.41, 5.74) is 5.72. The minimum absolute atomic E-state index is 0.121. The van der Waals surface area contributed by atoms with E-state index >= 15 is 0 Å². The summed E-state index contributed by atoms with van der Waals surface area (Å²) < 4.78 is 19.2. The van der Waals surface area contributed by atoms with Crippen LogP contribution in [0, 0.1) is 5.82 Å². The summed E-state index contributed by atoms with van der Waals surface area (Å²) in [5.74, 6) is -0.430. The van der Waals surface area contributed by atoms with Crippen LogP contribution in [0.2, 0.25) is 0 Å². The Hall–Kier alpha value is -1.82. The third-order valence-corrected chi connectivity index (χ3v) is 3.41. The zero-order valence-corrected chi connectivity index (χ0v) is 11.4. The van der Waals surface area contributed by atoms with Crippen LogP contribution < -0.4 is 10.5 Å². The summed E-state index contributed by atoms with van der Waals surface area (Å²) >= 11 is 0. The smallest absolute Gasteiger partial charge is 0.170 e. The highest BCUT2D eigenvalue weighted by atomic mass is 19.1. The van der Waals surface area contributed by atoms with Gasteiger partial charge < -0.3 is 20.6 Å². The summed E-state index contributed by atoms with van der Waals surface area (Å²) in [5, 5.41) is 11.4. The maximum absolute atomic E-state index is 13.7. The van der Waals surface area contributed by atoms with E-state index in [4.69, 9.17) is 15.7 Å². The second-order valence-electron chi connectivity index (χ2n) is 4.88. The fourth-order valence-corrected chi connectivity index (χ4v) is 2.31. The molecular weight excluding hydrogens is 261 g/mol. The Morgan fingerprint density at radius 1 is 1.40 bits per heavy atom. The third kappa shape index (κ3) is 3.84. The molecule has 0 amide bonds. The summed E-state index contributed by atoms with van der Waals surface area (Å²) in [6.45, 7) is 3.78. The lowest BCUT2D eigenvalue weighted by Gasteiger charge is -2.14. The molecule has 110 valence electrons. The Morgan fingerprint density at radius 2 is 2.15 bits per heavy atom. The number of amidine groups is 1. The second-order valence-corrected chi connectivity index (χ2v) is 4.88. The fraction of sp³-hybridized carbons (Fsp3) is 0.500. The number of rotatable bonds is 6. The Balaban J connectivity index is 1.80. The first-order valence-corrected chi connectivity index (χ1v) is 6.83. The van der Waals surface area contributed by atoms with Crippen molar-refractivity contribution < 1.29 is 14.3 Å². The summed E-state index contributed by atoms with van der Waals surface area (Å²) in [6, 6.07) is 4.26. The summed E-state index contributed by atoms with van der Waals surface area (Å²) in [4.78, 5) is 2.39. The molecule has 1 aliphatic heterocycles. The van der Waals surface area contributed by atoms with E-state index < -0.39 is 5.82 Å². The van der Waals surface area contributed by atoms with Crippen molar-refractivity contribution in [3.8, 4) is 5.75 Å². The number of likely N-dealkylation sites (tertiary alicyclic amines) is 1. The molecule has 3 N–H and O–H groups in total. The van der Waals surface area contributed by atoms with E-state index in [1.54, 1.807) is 6.07 Å². The lowest BCUT2D eigenvalue weighted by Crippen LogP contribution is -2.22. The van der Waals surface area contributed by atoms with E-state index in [1.165, 1.54) is 25.0 Å². The first-order chi connectivity index (χ1) is 9.70. The third-order valence-electron chi connectivity index (χ3n) is 3.41. The van der Waals surface area contributed by atoms with Gasteiger partial charge in [0.05, 0.1) is 6.61 Å². The van der Waals surface area contributed by atoms with Crippen molar-refractivity contribution in [3.63, 3.8) is 0 Å². The molecule has 20 heavy (non-hydrogen) atoms. The lowest BCUT2D eigenvalue weighted by atomic mass is 10.2. The minimum atomic E-state index is -0.504. The normalized spacial score (nSPS) is 16.6. The average Bonchev–Trinajstić information content (AvgIpc) is 2.97. The molecule has 0 saturated carbocycles. The van der Waals surface area contributed by atoms with Gasteiger partial charge >= 0.3 is 0 Å². The molecule has 0 unspecified atom stereocenters. The summed E-state index contributed by atoms with van der Waals surface area (Å²) in [7, 11) is 0. The molecule has 1 aliphatic rings. The van der Waals surface area contributed by atoms with Gasteiger partial charge in [0.15, 0.2) is 17.4 Å². The molecule has 0 bridgehead atoms. The first kappa shape index (κ1) is 14.6. The topological polar surface area (TPSA) is 71.1 Å². The van der Waals surface area contributed by atoms with Gasteiger partial charge in [0.25, 0.3) is 0 Å². The number of nitrogens with two attached hydrogens (primary N) is 1. The van der Waals surface area contributed by atoms with Crippen LogP contribution in [0.4, 0.5) is 4.39 Å². The number of hydrogen-bond donors (Lipinski definition) is 2. The number of oxime groups is 1. The molecule has 1 heterocycles. The van der Waals surface area contributed by atoms with Crippen molar-refractivity contribution in [2.75, 3.05) is 26.2 Å². The predicted molar refractivity (Wildman–Crippen MR) is 74.7 cm³/mol. The van der Waals surface area contributed by atoms with Crippen LogP contribution in [-0.4, -0.2) is 42.2 Å². The largest absolute Gasteiger partial charge is 0.490 e. The van der Waals surface area contributed by atoms with Crippen LogP contribution in [0.25, 0.3) is 0 Å². The highest BCUT2D eigenvalue weighted by Gasteiger charge is 2.11. The molecule has 0 radical (unpaired) electrons. The Labute approximate surface area is 117 Å². The molecule has 0 aromatic heterocycles. The minimum Gasteiger partial charge on any atom is -0.490 e. The highest BCUT2D eigenvalue weighted by Crippen LogP contribution is 2.18. The number of halogens is 1. The van der Waals surface area contributed by atoms with Gasteiger partial charge in [-0.1, -0.05) is 5.16 Å². The van der Waals surface area contributed by atoms with Crippen LogP contribution in [0.5, 0.6) is 5.75 Å². The Bertz CT molecular complexity index is 473. The number of benzene rings is 1. The van der Waals surface area contributed by atoms with Crippen molar-refractivity contribution in [1.29, 1.82) is 0 Å². The molecule has 0 aliphatic carbocycles. The second kappa shape index (κ2) is 7.09. The molecule has 0 atom stereocenters. The molecule has 1 aromatic carbocycles. The van der Waals surface area contributed by atoms with E-state index in [-0.39, 0.29) is 11.6 Å². The monoisotopic (exact) mass is 281 g/mol. The quantitative estimate of drug-likeness (QED) is 0.274. The van der Waals surface area contributed by atoms with E-state index in [2.05, 4.69) is 10.1 Å². The van der Waals surface area contributed by atoms with Crippen LogP contribution >= 0.6 is 0 Å². The highest BCUT2D eigenvalue weighted by molar-refractivity contribution is 5.97. The zero-order chi connectivity index (χ0) is 14.4. The van der Waals surface area contributed by atoms with E-state index in [0.717, 1.165) is 26.1 Å².